The maximum absolute atomic E-state index is 10.3. The van der Waals surface area contributed by atoms with Gasteiger partial charge in [-0.15, -0.1) is 0 Å². The number of aromatic nitrogens is 2. The van der Waals surface area contributed by atoms with E-state index in [1.807, 2.05) is 6.92 Å². The summed E-state index contributed by atoms with van der Waals surface area (Å²) in [4.78, 5) is 14.5. The average molecular weight is 248 g/mol. The van der Waals surface area contributed by atoms with Crippen molar-refractivity contribution in [3.05, 3.63) is 30.1 Å². The summed E-state index contributed by atoms with van der Waals surface area (Å²) in [5, 5.41) is 12.3. The van der Waals surface area contributed by atoms with Crippen LogP contribution in [0.1, 0.15) is 12.7 Å². The molecular weight excluding hydrogens is 236 g/mol. The molecule has 1 N–H and O–H groups in total. The molecule has 6 heteroatoms. The smallest absolute Gasteiger partial charge is 0.341 e. The van der Waals surface area contributed by atoms with Crippen LogP contribution in [-0.2, 0) is 11.2 Å². The summed E-state index contributed by atoms with van der Waals surface area (Å²) < 4.78 is 10.1. The highest BCUT2D eigenvalue weighted by Crippen LogP contribution is 2.20. The monoisotopic (exact) mass is 248 g/mol. The van der Waals surface area contributed by atoms with Gasteiger partial charge in [-0.2, -0.15) is 4.98 Å². The minimum atomic E-state index is -1.01. The van der Waals surface area contributed by atoms with Gasteiger partial charge in [0.15, 0.2) is 12.4 Å². The molecule has 1 aromatic carbocycles. The van der Waals surface area contributed by atoms with Crippen LogP contribution < -0.4 is 4.74 Å². The zero-order valence-electron chi connectivity index (χ0n) is 9.79. The third-order valence-electron chi connectivity index (χ3n) is 2.25. The van der Waals surface area contributed by atoms with E-state index in [0.717, 1.165) is 5.56 Å². The van der Waals surface area contributed by atoms with Crippen molar-refractivity contribution in [2.75, 3.05) is 6.61 Å². The average Bonchev–Trinajstić information content (AvgIpc) is 2.85. The number of nitrogens with zero attached hydrogens (tertiary/aromatic N) is 2. The van der Waals surface area contributed by atoms with Gasteiger partial charge in [0.25, 0.3) is 5.89 Å². The second kappa shape index (κ2) is 5.31. The summed E-state index contributed by atoms with van der Waals surface area (Å²) in [5.41, 5.74) is 0.768. The van der Waals surface area contributed by atoms with Gasteiger partial charge in [0.05, 0.1) is 0 Å². The van der Waals surface area contributed by atoms with E-state index >= 15 is 0 Å². The molecule has 0 amide bonds. The lowest BCUT2D eigenvalue weighted by Gasteiger charge is -2.02. The van der Waals surface area contributed by atoms with Crippen LogP contribution >= 0.6 is 0 Å². The Morgan fingerprint density at radius 2 is 2.11 bits per heavy atom. The molecule has 18 heavy (non-hydrogen) atoms. The van der Waals surface area contributed by atoms with Crippen LogP contribution in [0, 0.1) is 0 Å². The number of rotatable bonds is 5. The first-order valence-electron chi connectivity index (χ1n) is 5.46. The molecule has 2 aromatic rings. The van der Waals surface area contributed by atoms with E-state index in [2.05, 4.69) is 10.1 Å². The molecule has 0 aliphatic carbocycles. The van der Waals surface area contributed by atoms with Gasteiger partial charge in [-0.3, -0.25) is 0 Å². The number of benzene rings is 1. The number of ether oxygens (including phenoxy) is 1. The first-order chi connectivity index (χ1) is 8.69. The third-order valence-corrected chi connectivity index (χ3v) is 2.25. The Hall–Kier alpha value is -2.37. The minimum absolute atomic E-state index is 0.361. The molecule has 0 aliphatic heterocycles. The maximum atomic E-state index is 10.3. The maximum Gasteiger partial charge on any atom is 0.341 e. The summed E-state index contributed by atoms with van der Waals surface area (Å²) in [5.74, 6) is 0.563. The lowest BCUT2D eigenvalue weighted by molar-refractivity contribution is -0.139. The van der Waals surface area contributed by atoms with Crippen molar-refractivity contribution in [1.82, 2.24) is 10.1 Å². The van der Waals surface area contributed by atoms with Gasteiger partial charge in [-0.1, -0.05) is 12.1 Å². The van der Waals surface area contributed by atoms with Gasteiger partial charge in [0.2, 0.25) is 0 Å². The number of carboxylic acid groups (broad SMARTS) is 1. The fourth-order valence-electron chi connectivity index (χ4n) is 1.35. The molecule has 0 radical (unpaired) electrons. The Morgan fingerprint density at radius 3 is 2.67 bits per heavy atom. The topological polar surface area (TPSA) is 85.5 Å². The quantitative estimate of drug-likeness (QED) is 0.867. The molecule has 0 unspecified atom stereocenters. The Bertz CT molecular complexity index is 533. The van der Waals surface area contributed by atoms with Crippen LogP contribution in [-0.4, -0.2) is 27.8 Å². The normalized spacial score (nSPS) is 10.3. The predicted molar refractivity (Wildman–Crippen MR) is 62.2 cm³/mol. The molecule has 2 rings (SSSR count). The first kappa shape index (κ1) is 12.1. The van der Waals surface area contributed by atoms with E-state index in [1.54, 1.807) is 24.3 Å². The van der Waals surface area contributed by atoms with Crippen LogP contribution in [0.2, 0.25) is 0 Å². The molecular formula is C12H12N2O4. The lowest BCUT2D eigenvalue weighted by Crippen LogP contribution is -2.09. The van der Waals surface area contributed by atoms with Gasteiger partial charge >= 0.3 is 5.97 Å². The van der Waals surface area contributed by atoms with Crippen molar-refractivity contribution in [2.45, 2.75) is 13.3 Å². The summed E-state index contributed by atoms with van der Waals surface area (Å²) in [6.07, 6.45) is 0.712. The van der Waals surface area contributed by atoms with Crippen molar-refractivity contribution in [3.8, 4) is 17.2 Å². The van der Waals surface area contributed by atoms with Gasteiger partial charge in [0, 0.05) is 12.0 Å². The van der Waals surface area contributed by atoms with Crippen molar-refractivity contribution in [2.24, 2.45) is 0 Å². The third kappa shape index (κ3) is 2.85. The highest BCUT2D eigenvalue weighted by molar-refractivity contribution is 5.68. The summed E-state index contributed by atoms with van der Waals surface area (Å²) in [6, 6.07) is 6.80. The SMILES string of the molecule is CCc1noc(-c2ccc(OCC(=O)O)cc2)n1. The molecule has 1 heterocycles. The highest BCUT2D eigenvalue weighted by Gasteiger charge is 2.07. The second-order valence-corrected chi connectivity index (χ2v) is 3.58. The van der Waals surface area contributed by atoms with Crippen LogP contribution in [0.15, 0.2) is 28.8 Å². The van der Waals surface area contributed by atoms with Crippen molar-refractivity contribution in [1.29, 1.82) is 0 Å². The van der Waals surface area contributed by atoms with Crippen LogP contribution in [0.25, 0.3) is 11.5 Å². The van der Waals surface area contributed by atoms with Crippen LogP contribution in [0.5, 0.6) is 5.75 Å². The van der Waals surface area contributed by atoms with E-state index in [0.29, 0.717) is 23.9 Å². The fourth-order valence-corrected chi connectivity index (χ4v) is 1.35. The summed E-state index contributed by atoms with van der Waals surface area (Å²) >= 11 is 0. The number of aliphatic carboxylic acids is 1. The van der Waals surface area contributed by atoms with E-state index in [-0.39, 0.29) is 6.61 Å². The number of aryl methyl sites for hydroxylation is 1. The molecule has 0 fully saturated rings. The number of hydrogen-bond donors (Lipinski definition) is 1. The standard InChI is InChI=1S/C12H12N2O4/c1-2-10-13-12(18-14-10)8-3-5-9(6-4-8)17-7-11(15)16/h3-6H,2,7H2,1H3,(H,15,16). The fraction of sp³-hybridized carbons (Fsp3) is 0.250. The molecule has 94 valence electrons. The van der Waals surface area contributed by atoms with E-state index < -0.39 is 5.97 Å². The highest BCUT2D eigenvalue weighted by atomic mass is 16.5. The van der Waals surface area contributed by atoms with Crippen molar-refractivity contribution < 1.29 is 19.2 Å². The van der Waals surface area contributed by atoms with Gasteiger partial charge < -0.3 is 14.4 Å². The Morgan fingerprint density at radius 1 is 1.39 bits per heavy atom. The molecule has 0 atom stereocenters. The molecule has 0 spiro atoms. The molecule has 0 saturated heterocycles. The Balaban J connectivity index is 2.09. The summed E-state index contributed by atoms with van der Waals surface area (Å²) in [6.45, 7) is 1.58. The van der Waals surface area contributed by atoms with Gasteiger partial charge in [-0.05, 0) is 24.3 Å². The van der Waals surface area contributed by atoms with Gasteiger partial charge in [-0.25, -0.2) is 4.79 Å². The predicted octanol–water partition coefficient (Wildman–Crippen LogP) is 1.76. The number of carboxylic acids is 1. The van der Waals surface area contributed by atoms with E-state index in [4.69, 9.17) is 14.4 Å². The van der Waals surface area contributed by atoms with E-state index in [9.17, 15) is 4.79 Å². The zero-order valence-corrected chi connectivity index (χ0v) is 9.79. The lowest BCUT2D eigenvalue weighted by atomic mass is 10.2. The Labute approximate surface area is 103 Å². The number of carbonyl (C=O) groups is 1. The van der Waals surface area contributed by atoms with Crippen LogP contribution in [0.3, 0.4) is 0 Å². The molecule has 1 aromatic heterocycles. The first-order valence-corrected chi connectivity index (χ1v) is 5.46. The Kier molecular flexibility index (Phi) is 3.57. The molecule has 0 saturated carbocycles. The molecule has 0 bridgehead atoms. The molecule has 6 nitrogen and oxygen atoms in total. The van der Waals surface area contributed by atoms with Gasteiger partial charge in [0.1, 0.15) is 5.75 Å². The second-order valence-electron chi connectivity index (χ2n) is 3.58. The van der Waals surface area contributed by atoms with Crippen molar-refractivity contribution >= 4 is 5.97 Å². The summed E-state index contributed by atoms with van der Waals surface area (Å²) in [7, 11) is 0. The molecule has 0 aliphatic rings. The minimum Gasteiger partial charge on any atom is -0.482 e. The van der Waals surface area contributed by atoms with E-state index in [1.165, 1.54) is 0 Å². The largest absolute Gasteiger partial charge is 0.482 e. The van der Waals surface area contributed by atoms with Crippen LogP contribution in [0.4, 0.5) is 0 Å². The number of hydrogen-bond acceptors (Lipinski definition) is 5. The zero-order chi connectivity index (χ0) is 13.0. The van der Waals surface area contributed by atoms with Crippen molar-refractivity contribution in [3.63, 3.8) is 0 Å².